The molecule has 1 aromatic rings. The first-order valence-corrected chi connectivity index (χ1v) is 7.78. The monoisotopic (exact) mass is 284 g/mol. The van der Waals surface area contributed by atoms with Crippen molar-refractivity contribution in [2.24, 2.45) is 0 Å². The topological polar surface area (TPSA) is 35.0 Å². The van der Waals surface area contributed by atoms with Gasteiger partial charge in [-0.1, -0.05) is 11.6 Å². The molecule has 0 amide bonds. The van der Waals surface area contributed by atoms with Crippen LogP contribution in [0.4, 0.5) is 0 Å². The van der Waals surface area contributed by atoms with Crippen LogP contribution in [0, 0.1) is 6.92 Å². The van der Waals surface area contributed by atoms with E-state index < -0.39 is 0 Å². The first kappa shape index (κ1) is 12.7. The van der Waals surface area contributed by atoms with Gasteiger partial charge in [0.05, 0.1) is 0 Å². The number of thioether (sulfide) groups is 1. The number of hydrogen-bond acceptors (Lipinski definition) is 4. The van der Waals surface area contributed by atoms with Crippen LogP contribution in [0.25, 0.3) is 0 Å². The maximum Gasteiger partial charge on any atom is 0.136 e. The Morgan fingerprint density at radius 1 is 1.17 bits per heavy atom. The quantitative estimate of drug-likeness (QED) is 0.795. The number of halogens is 1. The Hall–Kier alpha value is -0.320. The summed E-state index contributed by atoms with van der Waals surface area (Å²) in [6.07, 6.45) is 4.62. The fourth-order valence-electron chi connectivity index (χ4n) is 2.08. The smallest absolute Gasteiger partial charge is 0.136 e. The zero-order valence-electron chi connectivity index (χ0n) is 10.5. The number of hydrogen-bond donors (Lipinski definition) is 0. The molecule has 18 heavy (non-hydrogen) atoms. The van der Waals surface area contributed by atoms with Crippen LogP contribution in [-0.4, -0.2) is 28.4 Å². The lowest BCUT2D eigenvalue weighted by molar-refractivity contribution is 0.1000. The molecule has 0 bridgehead atoms. The molecule has 1 aromatic heterocycles. The highest BCUT2D eigenvalue weighted by atomic mass is 35.5. The lowest BCUT2D eigenvalue weighted by Gasteiger charge is -2.22. The van der Waals surface area contributed by atoms with Crippen molar-refractivity contribution in [1.82, 2.24) is 9.97 Å². The van der Waals surface area contributed by atoms with E-state index in [1.165, 1.54) is 12.8 Å². The van der Waals surface area contributed by atoms with Gasteiger partial charge in [0.2, 0.25) is 0 Å². The Labute approximate surface area is 117 Å². The Balaban J connectivity index is 1.80. The first-order valence-electron chi connectivity index (χ1n) is 6.52. The van der Waals surface area contributed by atoms with Gasteiger partial charge in [-0.3, -0.25) is 0 Å². The van der Waals surface area contributed by atoms with Crippen LogP contribution >= 0.6 is 23.4 Å². The molecular formula is C13H17ClN2OS. The molecule has 1 saturated carbocycles. The third kappa shape index (κ3) is 2.81. The average Bonchev–Trinajstić information content (AvgIpc) is 3.20. The summed E-state index contributed by atoms with van der Waals surface area (Å²) < 4.78 is 5.39. The van der Waals surface area contributed by atoms with Crippen molar-refractivity contribution in [2.45, 2.75) is 48.8 Å². The fourth-order valence-corrected chi connectivity index (χ4v) is 3.47. The van der Waals surface area contributed by atoms with Crippen molar-refractivity contribution in [1.29, 1.82) is 0 Å². The lowest BCUT2D eigenvalue weighted by atomic mass is 10.2. The van der Waals surface area contributed by atoms with Gasteiger partial charge in [-0.2, -0.15) is 0 Å². The molecule has 2 heterocycles. The zero-order chi connectivity index (χ0) is 12.5. The van der Waals surface area contributed by atoms with Crippen molar-refractivity contribution in [3.8, 4) is 0 Å². The molecular weight excluding hydrogens is 268 g/mol. The van der Waals surface area contributed by atoms with E-state index in [4.69, 9.17) is 21.3 Å². The molecule has 0 atom stereocenters. The Bertz CT molecular complexity index is 445. The van der Waals surface area contributed by atoms with Gasteiger partial charge in [0.15, 0.2) is 0 Å². The molecule has 0 spiro atoms. The van der Waals surface area contributed by atoms with Crippen molar-refractivity contribution in [3.63, 3.8) is 0 Å². The summed E-state index contributed by atoms with van der Waals surface area (Å²) in [5, 5.41) is 2.31. The van der Waals surface area contributed by atoms with E-state index in [0.29, 0.717) is 16.3 Å². The van der Waals surface area contributed by atoms with Crippen LogP contribution in [0.3, 0.4) is 0 Å². The minimum absolute atomic E-state index is 0.553. The van der Waals surface area contributed by atoms with Gasteiger partial charge in [0, 0.05) is 29.9 Å². The highest BCUT2D eigenvalue weighted by molar-refractivity contribution is 7.99. The van der Waals surface area contributed by atoms with E-state index in [1.54, 1.807) is 0 Å². The molecule has 98 valence electrons. The van der Waals surface area contributed by atoms with Gasteiger partial charge >= 0.3 is 0 Å². The van der Waals surface area contributed by atoms with Crippen LogP contribution < -0.4 is 0 Å². The molecule has 5 heteroatoms. The minimum Gasteiger partial charge on any atom is -0.381 e. The fraction of sp³-hybridized carbons (Fsp3) is 0.692. The van der Waals surface area contributed by atoms with E-state index in [2.05, 4.69) is 4.98 Å². The number of rotatable bonds is 3. The minimum atomic E-state index is 0.553. The Kier molecular flexibility index (Phi) is 3.78. The molecule has 0 aromatic carbocycles. The van der Waals surface area contributed by atoms with Gasteiger partial charge in [-0.05, 0) is 32.6 Å². The Morgan fingerprint density at radius 2 is 1.89 bits per heavy atom. The molecule has 0 radical (unpaired) electrons. The van der Waals surface area contributed by atoms with Crippen molar-refractivity contribution in [2.75, 3.05) is 13.2 Å². The molecule has 1 aliphatic heterocycles. The molecule has 2 aliphatic rings. The molecule has 3 nitrogen and oxygen atoms in total. The molecule has 0 unspecified atom stereocenters. The molecule has 1 saturated heterocycles. The maximum absolute atomic E-state index is 6.22. The summed E-state index contributed by atoms with van der Waals surface area (Å²) in [5.41, 5.74) is 1.03. The largest absolute Gasteiger partial charge is 0.381 e. The molecule has 2 fully saturated rings. The summed E-state index contributed by atoms with van der Waals surface area (Å²) >= 11 is 8.07. The Morgan fingerprint density at radius 3 is 2.56 bits per heavy atom. The van der Waals surface area contributed by atoms with Crippen LogP contribution in [0.1, 0.15) is 43.0 Å². The molecule has 3 rings (SSSR count). The van der Waals surface area contributed by atoms with Gasteiger partial charge in [-0.15, -0.1) is 11.8 Å². The maximum atomic E-state index is 6.22. The molecule has 1 aliphatic carbocycles. The second kappa shape index (κ2) is 5.35. The van der Waals surface area contributed by atoms with Gasteiger partial charge in [-0.25, -0.2) is 9.97 Å². The van der Waals surface area contributed by atoms with Gasteiger partial charge in [0.1, 0.15) is 16.0 Å². The van der Waals surface area contributed by atoms with E-state index in [-0.39, 0.29) is 0 Å². The standard InChI is InChI=1S/C13H17ClN2OS/c1-8-11(14)15-12(9-2-3-9)16-13(8)18-10-4-6-17-7-5-10/h9-10H,2-7H2,1H3. The van der Waals surface area contributed by atoms with E-state index in [1.807, 2.05) is 18.7 Å². The van der Waals surface area contributed by atoms with Crippen molar-refractivity contribution >= 4 is 23.4 Å². The third-order valence-corrected chi connectivity index (χ3v) is 5.24. The molecule has 0 N–H and O–H groups in total. The normalized spacial score (nSPS) is 21.2. The second-order valence-electron chi connectivity index (χ2n) is 5.01. The SMILES string of the molecule is Cc1c(Cl)nc(C2CC2)nc1SC1CCOCC1. The number of ether oxygens (including phenoxy) is 1. The third-order valence-electron chi connectivity index (χ3n) is 3.45. The van der Waals surface area contributed by atoms with Crippen LogP contribution in [0.5, 0.6) is 0 Å². The summed E-state index contributed by atoms with van der Waals surface area (Å²) in [5.74, 6) is 1.50. The highest BCUT2D eigenvalue weighted by Crippen LogP contribution is 2.40. The predicted molar refractivity (Wildman–Crippen MR) is 73.5 cm³/mol. The summed E-state index contributed by atoms with van der Waals surface area (Å²) in [7, 11) is 0. The van der Waals surface area contributed by atoms with E-state index >= 15 is 0 Å². The highest BCUT2D eigenvalue weighted by Gasteiger charge is 2.28. The average molecular weight is 285 g/mol. The zero-order valence-corrected chi connectivity index (χ0v) is 12.1. The van der Waals surface area contributed by atoms with E-state index in [9.17, 15) is 0 Å². The first-order chi connectivity index (χ1) is 8.74. The van der Waals surface area contributed by atoms with Crippen molar-refractivity contribution in [3.05, 3.63) is 16.5 Å². The number of aromatic nitrogens is 2. The summed E-state index contributed by atoms with van der Waals surface area (Å²) in [4.78, 5) is 9.12. The second-order valence-corrected chi connectivity index (χ2v) is 6.65. The van der Waals surface area contributed by atoms with E-state index in [0.717, 1.165) is 42.5 Å². The van der Waals surface area contributed by atoms with Crippen LogP contribution in [-0.2, 0) is 4.74 Å². The van der Waals surface area contributed by atoms with Crippen LogP contribution in [0.2, 0.25) is 5.15 Å². The summed E-state index contributed by atoms with van der Waals surface area (Å²) in [6, 6.07) is 0. The lowest BCUT2D eigenvalue weighted by Crippen LogP contribution is -2.18. The van der Waals surface area contributed by atoms with Crippen molar-refractivity contribution < 1.29 is 4.74 Å². The predicted octanol–water partition coefficient (Wildman–Crippen LogP) is 3.59. The summed E-state index contributed by atoms with van der Waals surface area (Å²) in [6.45, 7) is 3.75. The van der Waals surface area contributed by atoms with Crippen LogP contribution in [0.15, 0.2) is 5.03 Å². The number of nitrogens with zero attached hydrogens (tertiary/aromatic N) is 2. The van der Waals surface area contributed by atoms with Gasteiger partial charge < -0.3 is 4.74 Å². The van der Waals surface area contributed by atoms with Gasteiger partial charge in [0.25, 0.3) is 0 Å².